The molecule has 2 aromatic rings. The number of benzene rings is 2. The Hall–Kier alpha value is -1.66. The summed E-state index contributed by atoms with van der Waals surface area (Å²) in [7, 11) is 4.06. The highest BCUT2D eigenvalue weighted by molar-refractivity contribution is 7.83. The normalized spacial score (nSPS) is 13.0. The molecule has 0 aliphatic carbocycles. The molecule has 2 aromatic carbocycles. The topological polar surface area (TPSA) is 41.5 Å². The van der Waals surface area contributed by atoms with E-state index in [1.54, 1.807) is 12.1 Å². The standard InChI is InChI=1S/C14H11BClFN2OS/c1-9-5-7-10(8-6-9)21(20)19-18-14(16)13-11(15)3-2-4-12(13)17/h2-8,19H,1H3/b18-14-. The van der Waals surface area contributed by atoms with E-state index in [1.807, 2.05) is 19.1 Å². The number of nitrogens with one attached hydrogen (secondary N) is 1. The summed E-state index contributed by atoms with van der Waals surface area (Å²) in [6, 6.07) is 11.3. The van der Waals surface area contributed by atoms with E-state index >= 15 is 0 Å². The van der Waals surface area contributed by atoms with Crippen LogP contribution in [0.1, 0.15) is 11.1 Å². The predicted octanol–water partition coefficient (Wildman–Crippen LogP) is 2.14. The maximum Gasteiger partial charge on any atom is 0.166 e. The molecule has 0 fully saturated rings. The molecule has 3 nitrogen and oxygen atoms in total. The van der Waals surface area contributed by atoms with E-state index in [2.05, 4.69) is 9.93 Å². The minimum absolute atomic E-state index is 0.0208. The molecule has 21 heavy (non-hydrogen) atoms. The lowest BCUT2D eigenvalue weighted by Gasteiger charge is -2.06. The zero-order valence-electron chi connectivity index (χ0n) is 11.1. The number of hydrogen-bond donors (Lipinski definition) is 1. The van der Waals surface area contributed by atoms with Crippen LogP contribution in [0.5, 0.6) is 0 Å². The van der Waals surface area contributed by atoms with Gasteiger partial charge in [0.15, 0.2) is 16.2 Å². The van der Waals surface area contributed by atoms with Gasteiger partial charge in [0.2, 0.25) is 0 Å². The zero-order valence-corrected chi connectivity index (χ0v) is 12.7. The average Bonchev–Trinajstić information content (AvgIpc) is 2.45. The van der Waals surface area contributed by atoms with E-state index in [1.165, 1.54) is 18.2 Å². The van der Waals surface area contributed by atoms with Crippen molar-refractivity contribution in [2.75, 3.05) is 0 Å². The van der Waals surface area contributed by atoms with Gasteiger partial charge in [0.25, 0.3) is 0 Å². The number of hydrazone groups is 1. The van der Waals surface area contributed by atoms with Crippen LogP contribution in [0.15, 0.2) is 52.5 Å². The van der Waals surface area contributed by atoms with Gasteiger partial charge in [0.1, 0.15) is 13.7 Å². The number of aryl methyl sites for hydroxylation is 1. The molecule has 0 spiro atoms. The first-order valence-electron chi connectivity index (χ1n) is 6.00. The zero-order chi connectivity index (χ0) is 15.4. The van der Waals surface area contributed by atoms with Crippen LogP contribution in [-0.4, -0.2) is 17.2 Å². The Morgan fingerprint density at radius 2 is 1.95 bits per heavy atom. The summed E-state index contributed by atoms with van der Waals surface area (Å²) in [6.07, 6.45) is 0. The van der Waals surface area contributed by atoms with E-state index in [9.17, 15) is 8.60 Å². The molecule has 0 amide bonds. The molecular weight excluding hydrogens is 309 g/mol. The highest BCUT2D eigenvalue weighted by Crippen LogP contribution is 2.09. The van der Waals surface area contributed by atoms with Crippen molar-refractivity contribution in [2.45, 2.75) is 11.8 Å². The second kappa shape index (κ2) is 6.87. The molecule has 1 N–H and O–H groups in total. The predicted molar refractivity (Wildman–Crippen MR) is 84.9 cm³/mol. The Morgan fingerprint density at radius 1 is 1.29 bits per heavy atom. The van der Waals surface area contributed by atoms with Crippen molar-refractivity contribution in [3.8, 4) is 0 Å². The maximum absolute atomic E-state index is 13.6. The highest BCUT2D eigenvalue weighted by atomic mass is 35.5. The van der Waals surface area contributed by atoms with Gasteiger partial charge >= 0.3 is 0 Å². The van der Waals surface area contributed by atoms with Crippen LogP contribution < -0.4 is 10.3 Å². The molecule has 2 rings (SSSR count). The lowest BCUT2D eigenvalue weighted by Crippen LogP contribution is -2.19. The quantitative estimate of drug-likeness (QED) is 0.523. The van der Waals surface area contributed by atoms with Gasteiger partial charge in [0.05, 0.1) is 4.90 Å². The van der Waals surface area contributed by atoms with Crippen molar-refractivity contribution in [1.29, 1.82) is 0 Å². The van der Waals surface area contributed by atoms with Gasteiger partial charge < -0.3 is 0 Å². The smallest absolute Gasteiger partial charge is 0.166 e. The molecule has 0 heterocycles. The highest BCUT2D eigenvalue weighted by Gasteiger charge is 2.10. The fourth-order valence-electron chi connectivity index (χ4n) is 1.61. The van der Waals surface area contributed by atoms with Crippen molar-refractivity contribution >= 4 is 41.1 Å². The summed E-state index contributed by atoms with van der Waals surface area (Å²) in [4.78, 5) is 2.91. The maximum atomic E-state index is 13.6. The first-order valence-corrected chi connectivity index (χ1v) is 7.53. The van der Waals surface area contributed by atoms with Crippen LogP contribution in [0.25, 0.3) is 0 Å². The minimum Gasteiger partial charge on any atom is -0.230 e. The van der Waals surface area contributed by atoms with Gasteiger partial charge in [0, 0.05) is 5.56 Å². The Morgan fingerprint density at radius 3 is 2.57 bits per heavy atom. The van der Waals surface area contributed by atoms with Gasteiger partial charge in [-0.2, -0.15) is 5.10 Å². The molecule has 106 valence electrons. The molecule has 1 atom stereocenters. The Bertz CT molecular complexity index is 686. The summed E-state index contributed by atoms with van der Waals surface area (Å²) in [5, 5.41) is 3.54. The fraction of sp³-hybridized carbons (Fsp3) is 0.0714. The lowest BCUT2D eigenvalue weighted by molar-refractivity contribution is 0.626. The van der Waals surface area contributed by atoms with E-state index in [-0.39, 0.29) is 16.2 Å². The second-order valence-corrected chi connectivity index (χ2v) is 5.83. The van der Waals surface area contributed by atoms with E-state index in [4.69, 9.17) is 19.4 Å². The Kier molecular flexibility index (Phi) is 5.14. The van der Waals surface area contributed by atoms with Crippen LogP contribution in [0.3, 0.4) is 0 Å². The summed E-state index contributed by atoms with van der Waals surface area (Å²) in [6.45, 7) is 1.93. The summed E-state index contributed by atoms with van der Waals surface area (Å²) < 4.78 is 25.6. The number of nitrogens with zero attached hydrogens (tertiary/aromatic N) is 1. The largest absolute Gasteiger partial charge is 0.230 e. The van der Waals surface area contributed by atoms with Gasteiger partial charge in [-0.05, 0) is 25.1 Å². The Labute approximate surface area is 131 Å². The van der Waals surface area contributed by atoms with Gasteiger partial charge in [-0.25, -0.2) is 13.4 Å². The molecule has 0 bridgehead atoms. The van der Waals surface area contributed by atoms with Crippen molar-refractivity contribution in [1.82, 2.24) is 4.83 Å². The number of hydrogen-bond acceptors (Lipinski definition) is 2. The van der Waals surface area contributed by atoms with Crippen molar-refractivity contribution in [3.63, 3.8) is 0 Å². The van der Waals surface area contributed by atoms with Gasteiger partial charge in [-0.15, -0.1) is 0 Å². The molecule has 0 aliphatic heterocycles. The third kappa shape index (κ3) is 3.92. The summed E-state index contributed by atoms with van der Waals surface area (Å²) in [5.74, 6) is -0.591. The monoisotopic (exact) mass is 320 g/mol. The molecule has 2 radical (unpaired) electrons. The molecule has 0 saturated carbocycles. The third-order valence-electron chi connectivity index (χ3n) is 2.71. The van der Waals surface area contributed by atoms with E-state index in [0.717, 1.165) is 5.56 Å². The van der Waals surface area contributed by atoms with Crippen LogP contribution in [-0.2, 0) is 11.0 Å². The molecule has 1 unspecified atom stereocenters. The molecular formula is C14H11BClFN2OS. The van der Waals surface area contributed by atoms with Crippen LogP contribution >= 0.6 is 11.6 Å². The van der Waals surface area contributed by atoms with Gasteiger partial charge in [-0.3, -0.25) is 0 Å². The second-order valence-electron chi connectivity index (χ2n) is 4.28. The average molecular weight is 321 g/mol. The molecule has 0 aromatic heterocycles. The van der Waals surface area contributed by atoms with E-state index < -0.39 is 16.8 Å². The number of halogens is 2. The number of rotatable bonds is 4. The summed E-state index contributed by atoms with van der Waals surface area (Å²) >= 11 is 5.91. The SMILES string of the molecule is [B]c1cccc(F)c1/C(Cl)=N/NS(=O)c1ccc(C)cc1. The molecule has 0 saturated heterocycles. The summed E-state index contributed by atoms with van der Waals surface area (Å²) in [5.41, 5.74) is 1.19. The first kappa shape index (κ1) is 15.7. The van der Waals surface area contributed by atoms with Gasteiger partial charge in [-0.1, -0.05) is 46.9 Å². The van der Waals surface area contributed by atoms with Crippen molar-refractivity contribution in [3.05, 3.63) is 59.4 Å². The van der Waals surface area contributed by atoms with Crippen molar-refractivity contribution < 1.29 is 8.60 Å². The Balaban J connectivity index is 2.17. The van der Waals surface area contributed by atoms with Crippen LogP contribution in [0, 0.1) is 12.7 Å². The van der Waals surface area contributed by atoms with E-state index in [0.29, 0.717) is 4.90 Å². The minimum atomic E-state index is -1.58. The van der Waals surface area contributed by atoms with Crippen molar-refractivity contribution in [2.24, 2.45) is 5.10 Å². The third-order valence-corrected chi connectivity index (χ3v) is 3.94. The van der Waals surface area contributed by atoms with Crippen LogP contribution in [0.4, 0.5) is 4.39 Å². The first-order chi connectivity index (χ1) is 9.99. The molecule has 0 aliphatic rings. The lowest BCUT2D eigenvalue weighted by atomic mass is 9.91. The fourth-order valence-corrected chi connectivity index (χ4v) is 2.57. The van der Waals surface area contributed by atoms with Crippen LogP contribution in [0.2, 0.25) is 0 Å². The molecule has 7 heteroatoms.